The van der Waals surface area contributed by atoms with Gasteiger partial charge in [-0.15, -0.1) is 0 Å². The SMILES string of the molecule is COc1cc(OC)c(F)c(NCc2cnc3c(ccn3COCC[Si](C)(C)C)c2NCc2cccc(C#N)c2)c1F. The summed E-state index contributed by atoms with van der Waals surface area (Å²) in [6.45, 7) is 8.45. The summed E-state index contributed by atoms with van der Waals surface area (Å²) in [6.07, 6.45) is 3.59. The Morgan fingerprint density at radius 2 is 1.68 bits per heavy atom. The van der Waals surface area contributed by atoms with Crippen LogP contribution in [0.15, 0.2) is 48.8 Å². The van der Waals surface area contributed by atoms with Crippen molar-refractivity contribution in [2.45, 2.75) is 45.5 Å². The maximum Gasteiger partial charge on any atom is 0.191 e. The van der Waals surface area contributed by atoms with Gasteiger partial charge in [-0.05, 0) is 29.8 Å². The minimum Gasteiger partial charge on any atom is -0.493 e. The molecule has 2 N–H and O–H groups in total. The van der Waals surface area contributed by atoms with Crippen LogP contribution in [-0.4, -0.2) is 38.5 Å². The van der Waals surface area contributed by atoms with Gasteiger partial charge in [0.05, 0.1) is 31.5 Å². The zero-order valence-electron chi connectivity index (χ0n) is 24.0. The summed E-state index contributed by atoms with van der Waals surface area (Å²) in [6, 6.07) is 13.6. The molecular formula is C30H35F2N5O3Si. The number of ether oxygens (including phenoxy) is 3. The van der Waals surface area contributed by atoms with E-state index in [0.717, 1.165) is 28.3 Å². The normalized spacial score (nSPS) is 11.4. The molecule has 0 aliphatic rings. The van der Waals surface area contributed by atoms with Crippen molar-refractivity contribution in [3.05, 3.63) is 77.1 Å². The van der Waals surface area contributed by atoms with Crippen LogP contribution in [0, 0.1) is 23.0 Å². The molecule has 11 heteroatoms. The number of nitriles is 1. The van der Waals surface area contributed by atoms with Gasteiger partial charge in [-0.3, -0.25) is 0 Å². The Kier molecular flexibility index (Phi) is 9.47. The average molecular weight is 580 g/mol. The van der Waals surface area contributed by atoms with Crippen molar-refractivity contribution < 1.29 is 23.0 Å². The second kappa shape index (κ2) is 13.0. The van der Waals surface area contributed by atoms with Gasteiger partial charge in [0.1, 0.15) is 18.1 Å². The van der Waals surface area contributed by atoms with Crippen molar-refractivity contribution >= 4 is 30.5 Å². The van der Waals surface area contributed by atoms with E-state index in [0.29, 0.717) is 31.0 Å². The Hall–Kier alpha value is -4.14. The van der Waals surface area contributed by atoms with Crippen LogP contribution < -0.4 is 20.1 Å². The molecule has 0 amide bonds. The first kappa shape index (κ1) is 29.8. The molecule has 2 aromatic heterocycles. The van der Waals surface area contributed by atoms with Crippen LogP contribution in [0.1, 0.15) is 16.7 Å². The first-order valence-electron chi connectivity index (χ1n) is 13.3. The highest BCUT2D eigenvalue weighted by Crippen LogP contribution is 2.36. The van der Waals surface area contributed by atoms with Gasteiger partial charge >= 0.3 is 0 Å². The van der Waals surface area contributed by atoms with Crippen LogP contribution in [0.5, 0.6) is 11.5 Å². The second-order valence-electron chi connectivity index (χ2n) is 10.8. The third-order valence-corrected chi connectivity index (χ3v) is 8.35. The molecular weight excluding hydrogens is 544 g/mol. The molecule has 0 bridgehead atoms. The number of halogens is 2. The Balaban J connectivity index is 1.65. The van der Waals surface area contributed by atoms with Gasteiger partial charge in [0.2, 0.25) is 0 Å². The summed E-state index contributed by atoms with van der Waals surface area (Å²) in [5.41, 5.74) is 3.27. The van der Waals surface area contributed by atoms with Crippen molar-refractivity contribution in [2.24, 2.45) is 0 Å². The molecule has 2 heterocycles. The molecule has 0 fully saturated rings. The zero-order chi connectivity index (χ0) is 29.6. The summed E-state index contributed by atoms with van der Waals surface area (Å²) in [4.78, 5) is 4.67. The first-order valence-corrected chi connectivity index (χ1v) is 17.0. The number of benzene rings is 2. The van der Waals surface area contributed by atoms with Crippen LogP contribution in [-0.2, 0) is 24.6 Å². The summed E-state index contributed by atoms with van der Waals surface area (Å²) in [7, 11) is 1.40. The Labute approximate surface area is 239 Å². The van der Waals surface area contributed by atoms with Crippen molar-refractivity contribution in [3.63, 3.8) is 0 Å². The molecule has 216 valence electrons. The molecule has 4 rings (SSSR count). The summed E-state index contributed by atoms with van der Waals surface area (Å²) in [5, 5.41) is 16.5. The van der Waals surface area contributed by atoms with Crippen molar-refractivity contribution in [2.75, 3.05) is 31.5 Å². The van der Waals surface area contributed by atoms with E-state index in [9.17, 15) is 5.26 Å². The number of hydrogen-bond donors (Lipinski definition) is 2. The largest absolute Gasteiger partial charge is 0.493 e. The number of pyridine rings is 1. The fraction of sp³-hybridized carbons (Fsp3) is 0.333. The summed E-state index contributed by atoms with van der Waals surface area (Å²) >= 11 is 0. The van der Waals surface area contributed by atoms with E-state index in [1.165, 1.54) is 20.3 Å². The third kappa shape index (κ3) is 7.14. The second-order valence-corrected chi connectivity index (χ2v) is 16.5. The van der Waals surface area contributed by atoms with Crippen molar-refractivity contribution in [1.29, 1.82) is 5.26 Å². The minimum atomic E-state index is -1.21. The predicted molar refractivity (Wildman–Crippen MR) is 159 cm³/mol. The molecule has 0 spiro atoms. The number of fused-ring (bicyclic) bond motifs is 1. The standard InChI is InChI=1S/C30H35F2N5O3Si/c1-38-24-14-25(39-2)27(32)29(26(24)31)35-17-22-18-36-30-23(9-10-37(30)19-40-11-12-41(3,4)5)28(22)34-16-21-8-6-7-20(13-21)15-33/h6-10,13-14,18,35H,11-12,16-17,19H2,1-5H3,(H,34,36). The van der Waals surface area contributed by atoms with Gasteiger partial charge in [-0.25, -0.2) is 13.8 Å². The summed E-state index contributed by atoms with van der Waals surface area (Å²) < 4.78 is 48.0. The van der Waals surface area contributed by atoms with E-state index in [4.69, 9.17) is 14.2 Å². The van der Waals surface area contributed by atoms with E-state index in [-0.39, 0.29) is 23.7 Å². The molecule has 4 aromatic rings. The molecule has 41 heavy (non-hydrogen) atoms. The Bertz CT molecular complexity index is 1530. The van der Waals surface area contributed by atoms with E-state index in [1.54, 1.807) is 12.3 Å². The lowest BCUT2D eigenvalue weighted by atomic mass is 10.1. The lowest BCUT2D eigenvalue weighted by Crippen LogP contribution is -2.22. The smallest absolute Gasteiger partial charge is 0.191 e. The Morgan fingerprint density at radius 3 is 2.34 bits per heavy atom. The van der Waals surface area contributed by atoms with E-state index in [2.05, 4.69) is 41.3 Å². The number of anilines is 2. The van der Waals surface area contributed by atoms with Crippen LogP contribution in [0.2, 0.25) is 25.7 Å². The molecule has 2 aromatic carbocycles. The van der Waals surface area contributed by atoms with Crippen molar-refractivity contribution in [3.8, 4) is 17.6 Å². The quantitative estimate of drug-likeness (QED) is 0.134. The van der Waals surface area contributed by atoms with Crippen LogP contribution >= 0.6 is 0 Å². The fourth-order valence-electron chi connectivity index (χ4n) is 4.33. The molecule has 0 saturated carbocycles. The van der Waals surface area contributed by atoms with Crippen LogP contribution in [0.25, 0.3) is 11.0 Å². The topological polar surface area (TPSA) is 93.4 Å². The lowest BCUT2D eigenvalue weighted by molar-refractivity contribution is 0.0899. The van der Waals surface area contributed by atoms with Gasteiger partial charge in [0.15, 0.2) is 23.1 Å². The molecule has 0 aliphatic carbocycles. The molecule has 0 unspecified atom stereocenters. The van der Waals surface area contributed by atoms with Gasteiger partial charge in [-0.1, -0.05) is 31.8 Å². The molecule has 0 aliphatic heterocycles. The highest BCUT2D eigenvalue weighted by atomic mass is 28.3. The number of methoxy groups -OCH3 is 2. The van der Waals surface area contributed by atoms with Crippen LogP contribution in [0.4, 0.5) is 20.2 Å². The van der Waals surface area contributed by atoms with Crippen molar-refractivity contribution in [1.82, 2.24) is 9.55 Å². The number of nitrogens with one attached hydrogen (secondary N) is 2. The molecule has 0 saturated heterocycles. The summed E-state index contributed by atoms with van der Waals surface area (Å²) in [5.74, 6) is -1.99. The van der Waals surface area contributed by atoms with E-state index < -0.39 is 19.7 Å². The van der Waals surface area contributed by atoms with Gasteiger partial charge < -0.3 is 29.4 Å². The molecule has 0 atom stereocenters. The third-order valence-electron chi connectivity index (χ3n) is 6.65. The molecule has 8 nitrogen and oxygen atoms in total. The number of nitrogens with zero attached hydrogens (tertiary/aromatic N) is 3. The monoisotopic (exact) mass is 579 g/mol. The Morgan fingerprint density at radius 1 is 0.976 bits per heavy atom. The minimum absolute atomic E-state index is 0.0611. The average Bonchev–Trinajstić information content (AvgIpc) is 3.37. The number of aromatic nitrogens is 2. The predicted octanol–water partition coefficient (Wildman–Crippen LogP) is 6.74. The highest BCUT2D eigenvalue weighted by Gasteiger charge is 2.21. The maximum atomic E-state index is 15.0. The number of hydrogen-bond acceptors (Lipinski definition) is 7. The maximum absolute atomic E-state index is 15.0. The van der Waals surface area contributed by atoms with Gasteiger partial charge in [-0.2, -0.15) is 5.26 Å². The highest BCUT2D eigenvalue weighted by molar-refractivity contribution is 6.76. The van der Waals surface area contributed by atoms with Gasteiger partial charge in [0.25, 0.3) is 0 Å². The molecule has 0 radical (unpaired) electrons. The van der Waals surface area contributed by atoms with E-state index in [1.807, 2.05) is 35.0 Å². The lowest BCUT2D eigenvalue weighted by Gasteiger charge is -2.18. The van der Waals surface area contributed by atoms with Crippen LogP contribution in [0.3, 0.4) is 0 Å². The zero-order valence-corrected chi connectivity index (χ0v) is 25.0. The number of rotatable bonds is 13. The first-order chi connectivity index (χ1) is 19.6. The van der Waals surface area contributed by atoms with E-state index >= 15 is 8.78 Å². The fourth-order valence-corrected chi connectivity index (χ4v) is 5.09. The van der Waals surface area contributed by atoms with Gasteiger partial charge in [0, 0.05) is 57.2 Å².